The lowest BCUT2D eigenvalue weighted by atomic mass is 10.0. The lowest BCUT2D eigenvalue weighted by molar-refractivity contribution is -0.118. The van der Waals surface area contributed by atoms with Gasteiger partial charge in [0.15, 0.2) is 0 Å². The van der Waals surface area contributed by atoms with Crippen LogP contribution in [0.3, 0.4) is 0 Å². The van der Waals surface area contributed by atoms with Crippen LogP contribution in [0.15, 0.2) is 48.8 Å². The second-order valence-electron chi connectivity index (χ2n) is 4.26. The van der Waals surface area contributed by atoms with Crippen LogP contribution in [-0.2, 0) is 11.2 Å². The molecule has 0 saturated carbocycles. The maximum Gasteiger partial charge on any atom is 0.217 e. The molecule has 2 aromatic rings. The highest BCUT2D eigenvalue weighted by molar-refractivity contribution is 5.73. The lowest BCUT2D eigenvalue weighted by Gasteiger charge is -2.03. The largest absolute Gasteiger partial charge is 0.370 e. The highest BCUT2D eigenvalue weighted by Crippen LogP contribution is 2.18. The van der Waals surface area contributed by atoms with Crippen molar-refractivity contribution < 1.29 is 4.79 Å². The summed E-state index contributed by atoms with van der Waals surface area (Å²) in [4.78, 5) is 14.7. The number of carbonyl (C=O) groups is 1. The number of aromatic nitrogens is 1. The topological polar surface area (TPSA) is 56.0 Å². The number of primary amides is 1. The summed E-state index contributed by atoms with van der Waals surface area (Å²) >= 11 is 0. The normalized spacial score (nSPS) is 10.2. The molecule has 0 bridgehead atoms. The van der Waals surface area contributed by atoms with Crippen LogP contribution in [0.1, 0.15) is 18.4 Å². The van der Waals surface area contributed by atoms with Gasteiger partial charge in [-0.3, -0.25) is 9.78 Å². The molecule has 92 valence electrons. The third-order valence-corrected chi connectivity index (χ3v) is 2.84. The quantitative estimate of drug-likeness (QED) is 0.873. The molecule has 1 aromatic carbocycles. The Balaban J connectivity index is 2.00. The van der Waals surface area contributed by atoms with Gasteiger partial charge in [-0.25, -0.2) is 0 Å². The Morgan fingerprint density at radius 2 is 1.89 bits per heavy atom. The summed E-state index contributed by atoms with van der Waals surface area (Å²) in [5, 5.41) is 0. The summed E-state index contributed by atoms with van der Waals surface area (Å²) in [6.07, 6.45) is 5.76. The third kappa shape index (κ3) is 3.42. The molecule has 0 aliphatic rings. The van der Waals surface area contributed by atoms with E-state index in [4.69, 9.17) is 5.73 Å². The van der Waals surface area contributed by atoms with Crippen molar-refractivity contribution in [2.75, 3.05) is 0 Å². The zero-order valence-electron chi connectivity index (χ0n) is 10.2. The maximum atomic E-state index is 10.6. The Kier molecular flexibility index (Phi) is 4.07. The van der Waals surface area contributed by atoms with Gasteiger partial charge in [-0.05, 0) is 35.6 Å². The number of nitrogens with two attached hydrogens (primary N) is 1. The van der Waals surface area contributed by atoms with E-state index in [2.05, 4.69) is 29.2 Å². The van der Waals surface area contributed by atoms with E-state index in [1.807, 2.05) is 18.3 Å². The molecular formula is C15H16N2O. The van der Waals surface area contributed by atoms with E-state index in [0.717, 1.165) is 24.0 Å². The molecule has 2 N–H and O–H groups in total. The van der Waals surface area contributed by atoms with Crippen LogP contribution in [0.2, 0.25) is 0 Å². The summed E-state index contributed by atoms with van der Waals surface area (Å²) in [7, 11) is 0. The van der Waals surface area contributed by atoms with E-state index in [0.29, 0.717) is 6.42 Å². The van der Waals surface area contributed by atoms with Crippen LogP contribution in [0.25, 0.3) is 11.1 Å². The molecule has 0 radical (unpaired) electrons. The van der Waals surface area contributed by atoms with E-state index in [1.165, 1.54) is 5.56 Å². The Bertz CT molecular complexity index is 506. The van der Waals surface area contributed by atoms with Crippen molar-refractivity contribution in [3.63, 3.8) is 0 Å². The monoisotopic (exact) mass is 240 g/mol. The van der Waals surface area contributed by atoms with Gasteiger partial charge in [-0.2, -0.15) is 0 Å². The highest BCUT2D eigenvalue weighted by atomic mass is 16.1. The van der Waals surface area contributed by atoms with Gasteiger partial charge in [-0.15, -0.1) is 0 Å². The molecule has 18 heavy (non-hydrogen) atoms. The number of rotatable bonds is 5. The Hall–Kier alpha value is -2.16. The fourth-order valence-electron chi connectivity index (χ4n) is 1.86. The molecule has 0 aliphatic heterocycles. The summed E-state index contributed by atoms with van der Waals surface area (Å²) in [5.74, 6) is -0.234. The summed E-state index contributed by atoms with van der Waals surface area (Å²) < 4.78 is 0. The van der Waals surface area contributed by atoms with Crippen LogP contribution in [0.5, 0.6) is 0 Å². The number of benzene rings is 1. The van der Waals surface area contributed by atoms with Crippen molar-refractivity contribution in [1.29, 1.82) is 0 Å². The van der Waals surface area contributed by atoms with Gasteiger partial charge >= 0.3 is 0 Å². The number of aryl methyl sites for hydroxylation is 1. The molecule has 0 saturated heterocycles. The van der Waals surface area contributed by atoms with Crippen molar-refractivity contribution in [1.82, 2.24) is 4.98 Å². The SMILES string of the molecule is NC(=O)CCCc1ccc(-c2cccnc2)cc1. The molecular weight excluding hydrogens is 224 g/mol. The van der Waals surface area contributed by atoms with Crippen LogP contribution in [0.4, 0.5) is 0 Å². The molecule has 3 nitrogen and oxygen atoms in total. The molecule has 0 spiro atoms. The van der Waals surface area contributed by atoms with Crippen molar-refractivity contribution in [2.45, 2.75) is 19.3 Å². The van der Waals surface area contributed by atoms with Gasteiger partial charge in [-0.1, -0.05) is 30.3 Å². The van der Waals surface area contributed by atoms with Gasteiger partial charge in [0.1, 0.15) is 0 Å². The molecule has 1 amide bonds. The Morgan fingerprint density at radius 3 is 2.50 bits per heavy atom. The highest BCUT2D eigenvalue weighted by Gasteiger charge is 1.99. The minimum atomic E-state index is -0.234. The van der Waals surface area contributed by atoms with E-state index in [9.17, 15) is 4.79 Å². The standard InChI is InChI=1S/C15H16N2O/c16-15(18)5-1-3-12-6-8-13(9-7-12)14-4-2-10-17-11-14/h2,4,6-11H,1,3,5H2,(H2,16,18). The minimum absolute atomic E-state index is 0.234. The van der Waals surface area contributed by atoms with Gasteiger partial charge in [0.2, 0.25) is 5.91 Å². The first-order chi connectivity index (χ1) is 8.75. The van der Waals surface area contributed by atoms with Crippen LogP contribution >= 0.6 is 0 Å². The van der Waals surface area contributed by atoms with E-state index >= 15 is 0 Å². The third-order valence-electron chi connectivity index (χ3n) is 2.84. The second-order valence-corrected chi connectivity index (χ2v) is 4.26. The van der Waals surface area contributed by atoms with Crippen LogP contribution in [-0.4, -0.2) is 10.9 Å². The minimum Gasteiger partial charge on any atom is -0.370 e. The van der Waals surface area contributed by atoms with Gasteiger partial charge in [0, 0.05) is 18.8 Å². The first-order valence-corrected chi connectivity index (χ1v) is 6.03. The van der Waals surface area contributed by atoms with Gasteiger partial charge < -0.3 is 5.73 Å². The molecule has 1 heterocycles. The molecule has 0 unspecified atom stereocenters. The molecule has 2 rings (SSSR count). The Morgan fingerprint density at radius 1 is 1.11 bits per heavy atom. The first-order valence-electron chi connectivity index (χ1n) is 6.03. The number of pyridine rings is 1. The van der Waals surface area contributed by atoms with Gasteiger partial charge in [0.05, 0.1) is 0 Å². The lowest BCUT2D eigenvalue weighted by Crippen LogP contribution is -2.10. The summed E-state index contributed by atoms with van der Waals surface area (Å²) in [6.45, 7) is 0. The Labute approximate surface area is 107 Å². The molecule has 0 aliphatic carbocycles. The van der Waals surface area contributed by atoms with Crippen molar-refractivity contribution in [3.05, 3.63) is 54.4 Å². The van der Waals surface area contributed by atoms with Crippen LogP contribution in [0, 0.1) is 0 Å². The predicted octanol–water partition coefficient (Wildman–Crippen LogP) is 2.56. The molecule has 0 fully saturated rings. The number of amides is 1. The van der Waals surface area contributed by atoms with Crippen molar-refractivity contribution >= 4 is 5.91 Å². The number of carbonyl (C=O) groups excluding carboxylic acids is 1. The number of nitrogens with zero attached hydrogens (tertiary/aromatic N) is 1. The van der Waals surface area contributed by atoms with Crippen molar-refractivity contribution in [3.8, 4) is 11.1 Å². The number of hydrogen-bond donors (Lipinski definition) is 1. The number of hydrogen-bond acceptors (Lipinski definition) is 2. The first kappa shape index (κ1) is 12.3. The van der Waals surface area contributed by atoms with E-state index < -0.39 is 0 Å². The zero-order valence-corrected chi connectivity index (χ0v) is 10.2. The summed E-state index contributed by atoms with van der Waals surface area (Å²) in [5.41, 5.74) is 8.60. The average molecular weight is 240 g/mol. The van der Waals surface area contributed by atoms with Crippen LogP contribution < -0.4 is 5.73 Å². The van der Waals surface area contributed by atoms with E-state index in [1.54, 1.807) is 6.20 Å². The fourth-order valence-corrected chi connectivity index (χ4v) is 1.86. The predicted molar refractivity (Wildman–Crippen MR) is 71.8 cm³/mol. The molecule has 1 aromatic heterocycles. The fraction of sp³-hybridized carbons (Fsp3) is 0.200. The average Bonchev–Trinajstić information content (AvgIpc) is 2.40. The molecule has 3 heteroatoms. The van der Waals surface area contributed by atoms with E-state index in [-0.39, 0.29) is 5.91 Å². The van der Waals surface area contributed by atoms with Gasteiger partial charge in [0.25, 0.3) is 0 Å². The molecule has 0 atom stereocenters. The zero-order chi connectivity index (χ0) is 12.8. The maximum absolute atomic E-state index is 10.6. The smallest absolute Gasteiger partial charge is 0.217 e. The summed E-state index contributed by atoms with van der Waals surface area (Å²) in [6, 6.07) is 12.3. The second kappa shape index (κ2) is 5.96. The van der Waals surface area contributed by atoms with Crippen molar-refractivity contribution in [2.24, 2.45) is 5.73 Å².